The Balaban J connectivity index is 1.77. The summed E-state index contributed by atoms with van der Waals surface area (Å²) in [6.07, 6.45) is 14.2. The summed E-state index contributed by atoms with van der Waals surface area (Å²) in [5, 5.41) is 0. The quantitative estimate of drug-likeness (QED) is 0.418. The normalized spacial score (nSPS) is 22.8. The minimum absolute atomic E-state index is 0.358. The van der Waals surface area contributed by atoms with Gasteiger partial charge in [-0.3, -0.25) is 4.99 Å². The van der Waals surface area contributed by atoms with Crippen LogP contribution in [0.3, 0.4) is 0 Å². The van der Waals surface area contributed by atoms with E-state index in [4.69, 9.17) is 5.73 Å². The van der Waals surface area contributed by atoms with E-state index in [-0.39, 0.29) is 0 Å². The Labute approximate surface area is 224 Å². The van der Waals surface area contributed by atoms with Crippen LogP contribution in [-0.2, 0) is 0 Å². The number of rotatable bonds is 7. The van der Waals surface area contributed by atoms with E-state index in [1.807, 2.05) is 0 Å². The van der Waals surface area contributed by atoms with Crippen molar-refractivity contribution in [1.29, 1.82) is 0 Å². The third-order valence-corrected chi connectivity index (χ3v) is 8.29. The molecule has 4 rings (SSSR count). The van der Waals surface area contributed by atoms with Crippen molar-refractivity contribution in [3.8, 4) is 0 Å². The number of nitrogens with zero attached hydrogens (tertiary/aromatic N) is 3. The Bertz CT molecular complexity index is 1150. The zero-order chi connectivity index (χ0) is 26.5. The van der Waals surface area contributed by atoms with Crippen molar-refractivity contribution in [3.63, 3.8) is 0 Å². The Kier molecular flexibility index (Phi) is 8.89. The molecule has 1 unspecified atom stereocenters. The second kappa shape index (κ2) is 12.1. The van der Waals surface area contributed by atoms with Gasteiger partial charge in [0.15, 0.2) is 0 Å². The molecule has 1 saturated heterocycles. The molecule has 1 fully saturated rings. The van der Waals surface area contributed by atoms with E-state index >= 15 is 0 Å². The van der Waals surface area contributed by atoms with Crippen molar-refractivity contribution in [2.24, 2.45) is 21.6 Å². The van der Waals surface area contributed by atoms with E-state index < -0.39 is 0 Å². The van der Waals surface area contributed by atoms with Gasteiger partial charge in [0.2, 0.25) is 0 Å². The summed E-state index contributed by atoms with van der Waals surface area (Å²) in [6, 6.07) is 7.57. The summed E-state index contributed by atoms with van der Waals surface area (Å²) < 4.78 is 0. The number of benzene rings is 1. The maximum Gasteiger partial charge on any atom is 0.110 e. The van der Waals surface area contributed by atoms with E-state index in [2.05, 4.69) is 86.4 Å². The summed E-state index contributed by atoms with van der Waals surface area (Å²) in [4.78, 5) is 11.5. The van der Waals surface area contributed by atoms with Gasteiger partial charge in [-0.1, -0.05) is 64.1 Å². The molecule has 2 heterocycles. The van der Waals surface area contributed by atoms with Crippen LogP contribution in [-0.4, -0.2) is 36.1 Å². The number of aliphatic imine (C=N–C) groups is 2. The van der Waals surface area contributed by atoms with E-state index in [0.29, 0.717) is 23.7 Å². The van der Waals surface area contributed by atoms with Crippen molar-refractivity contribution < 1.29 is 0 Å². The van der Waals surface area contributed by atoms with Gasteiger partial charge in [-0.2, -0.15) is 0 Å². The van der Waals surface area contributed by atoms with Crippen LogP contribution in [0.2, 0.25) is 0 Å². The third-order valence-electron chi connectivity index (χ3n) is 8.29. The fraction of sp³-hybridized carbons (Fsp3) is 0.515. The summed E-state index contributed by atoms with van der Waals surface area (Å²) in [5.74, 6) is 1.70. The van der Waals surface area contributed by atoms with Gasteiger partial charge in [0.05, 0.1) is 11.9 Å². The Morgan fingerprint density at radius 3 is 2.59 bits per heavy atom. The van der Waals surface area contributed by atoms with Crippen LogP contribution >= 0.6 is 0 Å². The lowest BCUT2D eigenvalue weighted by atomic mass is 9.80. The topological polar surface area (TPSA) is 54.0 Å². The highest BCUT2D eigenvalue weighted by atomic mass is 15.2. The van der Waals surface area contributed by atoms with Gasteiger partial charge in [-0.25, -0.2) is 4.99 Å². The van der Waals surface area contributed by atoms with Crippen molar-refractivity contribution >= 4 is 17.6 Å². The van der Waals surface area contributed by atoms with Gasteiger partial charge < -0.3 is 10.6 Å². The first-order valence-electron chi connectivity index (χ1n) is 14.3. The zero-order valence-electron chi connectivity index (χ0n) is 23.7. The highest BCUT2D eigenvalue weighted by Crippen LogP contribution is 2.39. The van der Waals surface area contributed by atoms with Gasteiger partial charge in [0.1, 0.15) is 6.34 Å². The lowest BCUT2D eigenvalue weighted by molar-refractivity contribution is 0.261. The van der Waals surface area contributed by atoms with Crippen LogP contribution in [0.25, 0.3) is 5.57 Å². The molecule has 0 aromatic heterocycles. The molecule has 1 aromatic carbocycles. The van der Waals surface area contributed by atoms with E-state index in [9.17, 15) is 0 Å². The Hall–Kier alpha value is -2.88. The van der Waals surface area contributed by atoms with Crippen LogP contribution < -0.4 is 5.73 Å². The number of hydrogen-bond acceptors (Lipinski definition) is 4. The summed E-state index contributed by atoms with van der Waals surface area (Å²) in [6.45, 7) is 17.4. The van der Waals surface area contributed by atoms with Gasteiger partial charge in [-0.05, 0) is 96.8 Å². The van der Waals surface area contributed by atoms with Crippen molar-refractivity contribution in [2.75, 3.05) is 13.1 Å². The Morgan fingerprint density at radius 1 is 1.16 bits per heavy atom. The first kappa shape index (κ1) is 27.2. The number of nitrogens with two attached hydrogens (primary N) is 1. The van der Waals surface area contributed by atoms with E-state index in [1.54, 1.807) is 6.34 Å². The summed E-state index contributed by atoms with van der Waals surface area (Å²) >= 11 is 0. The predicted molar refractivity (Wildman–Crippen MR) is 160 cm³/mol. The second-order valence-corrected chi connectivity index (χ2v) is 11.4. The first-order chi connectivity index (χ1) is 17.8. The molecular formula is C33H46N4. The zero-order valence-corrected chi connectivity index (χ0v) is 23.7. The van der Waals surface area contributed by atoms with Gasteiger partial charge in [0, 0.05) is 25.2 Å². The number of allylic oxidation sites excluding steroid dienone is 6. The van der Waals surface area contributed by atoms with Crippen molar-refractivity contribution in [2.45, 2.75) is 91.5 Å². The number of hydrogen-bond donors (Lipinski definition) is 1. The van der Waals surface area contributed by atoms with Crippen LogP contribution in [0.5, 0.6) is 0 Å². The van der Waals surface area contributed by atoms with Crippen LogP contribution in [0, 0.1) is 12.8 Å². The molecule has 198 valence electrons. The molecule has 0 saturated carbocycles. The molecule has 2 aliphatic heterocycles. The van der Waals surface area contributed by atoms with Crippen LogP contribution in [0.1, 0.15) is 95.2 Å². The number of likely N-dealkylation sites (tertiary alicyclic amines) is 1. The highest BCUT2D eigenvalue weighted by Gasteiger charge is 2.24. The van der Waals surface area contributed by atoms with Gasteiger partial charge in [-0.15, -0.1) is 0 Å². The standard InChI is InChI=1S/C33H46N4/c1-7-9-30(28-10-8-11-29-20-32(24(5)18-28)36-21-35-29)33(22(2)3)31-19-27(13-12-23(31)4)26-14-16-37(17-15-26)25(6)34/h10,12-13,18-19,21-22,26,29H,6-9,11,14-17,20,34H2,1-5H3/b24-18?,28-10+,33-30+. The lowest BCUT2D eigenvalue weighted by Gasteiger charge is -2.34. The molecule has 4 heteroatoms. The van der Waals surface area contributed by atoms with Crippen LogP contribution in [0.4, 0.5) is 0 Å². The lowest BCUT2D eigenvalue weighted by Crippen LogP contribution is -2.34. The van der Waals surface area contributed by atoms with Crippen LogP contribution in [0.15, 0.2) is 69.5 Å². The van der Waals surface area contributed by atoms with Crippen molar-refractivity contribution in [3.05, 3.63) is 76.2 Å². The molecule has 1 atom stereocenters. The number of aryl methyl sites for hydroxylation is 1. The second-order valence-electron chi connectivity index (χ2n) is 11.4. The first-order valence-corrected chi connectivity index (χ1v) is 14.3. The molecule has 37 heavy (non-hydrogen) atoms. The molecule has 0 spiro atoms. The summed E-state index contributed by atoms with van der Waals surface area (Å²) in [5.41, 5.74) is 17.1. The number of fused-ring (bicyclic) bond motifs is 2. The fourth-order valence-corrected chi connectivity index (χ4v) is 6.17. The molecule has 4 nitrogen and oxygen atoms in total. The monoisotopic (exact) mass is 498 g/mol. The highest BCUT2D eigenvalue weighted by molar-refractivity contribution is 6.05. The average Bonchev–Trinajstić information content (AvgIpc) is 2.93. The van der Waals surface area contributed by atoms with Gasteiger partial charge in [0.25, 0.3) is 0 Å². The Morgan fingerprint density at radius 2 is 1.92 bits per heavy atom. The van der Waals surface area contributed by atoms with E-state index in [1.165, 1.54) is 44.7 Å². The molecule has 2 N–H and O–H groups in total. The third kappa shape index (κ3) is 6.34. The largest absolute Gasteiger partial charge is 0.386 e. The van der Waals surface area contributed by atoms with Crippen molar-refractivity contribution in [1.82, 2.24) is 4.90 Å². The van der Waals surface area contributed by atoms with Gasteiger partial charge >= 0.3 is 0 Å². The molecule has 3 aliphatic rings. The molecule has 1 aliphatic carbocycles. The maximum atomic E-state index is 5.97. The molecule has 0 radical (unpaired) electrons. The molecule has 0 amide bonds. The molecule has 1 aromatic rings. The summed E-state index contributed by atoms with van der Waals surface area (Å²) in [7, 11) is 0. The van der Waals surface area contributed by atoms with E-state index in [0.717, 1.165) is 58.0 Å². The average molecular weight is 499 g/mol. The predicted octanol–water partition coefficient (Wildman–Crippen LogP) is 7.72. The SMILES string of the molecule is C=C(N)N1CCC(c2ccc(C)c(/C(=C(CCC)/C3=C/CCC4CC(=NC=N4)C(C)=C3)C(C)C)c2)CC1. The fourth-order valence-electron chi connectivity index (χ4n) is 6.17. The minimum Gasteiger partial charge on any atom is -0.386 e. The molecular weight excluding hydrogens is 452 g/mol. The minimum atomic E-state index is 0.358. The smallest absolute Gasteiger partial charge is 0.110 e. The number of piperidine rings is 1. The maximum absolute atomic E-state index is 5.97. The molecule has 2 bridgehead atoms.